The monoisotopic (exact) mass is 340 g/mol. The number of hydrogen-bond acceptors (Lipinski definition) is 6. The second-order valence-electron chi connectivity index (χ2n) is 4.91. The van der Waals surface area contributed by atoms with Gasteiger partial charge in [-0.3, -0.25) is 9.78 Å². The van der Waals surface area contributed by atoms with E-state index in [0.717, 1.165) is 11.3 Å². The highest BCUT2D eigenvalue weighted by Crippen LogP contribution is 2.32. The van der Waals surface area contributed by atoms with E-state index in [4.69, 9.17) is 10.5 Å². The second kappa shape index (κ2) is 7.10. The van der Waals surface area contributed by atoms with Crippen LogP contribution in [0.15, 0.2) is 48.1 Å². The van der Waals surface area contributed by atoms with Crippen LogP contribution in [-0.4, -0.2) is 22.5 Å². The number of primary amides is 1. The van der Waals surface area contributed by atoms with Crippen LogP contribution in [0.5, 0.6) is 5.75 Å². The number of pyridine rings is 1. The quantitative estimate of drug-likeness (QED) is 0.717. The lowest BCUT2D eigenvalue weighted by atomic mass is 10.2. The summed E-state index contributed by atoms with van der Waals surface area (Å²) in [6, 6.07) is 8.85. The normalized spacial score (nSPS) is 10.4. The molecular formula is C17H16N4O2S. The van der Waals surface area contributed by atoms with E-state index in [-0.39, 0.29) is 0 Å². The van der Waals surface area contributed by atoms with Crippen molar-refractivity contribution < 1.29 is 9.53 Å². The Balaban J connectivity index is 1.89. The lowest BCUT2D eigenvalue weighted by molar-refractivity contribution is 0.100. The molecule has 0 aliphatic carbocycles. The number of rotatable bonds is 6. The molecule has 0 aliphatic heterocycles. The molecule has 1 amide bonds. The number of amides is 1. The van der Waals surface area contributed by atoms with Crippen LogP contribution in [0.2, 0.25) is 0 Å². The maximum atomic E-state index is 11.4. The third-order valence-corrected chi connectivity index (χ3v) is 4.02. The molecule has 2 aromatic heterocycles. The number of nitrogens with one attached hydrogen (secondary N) is 1. The molecule has 0 bridgehead atoms. The van der Waals surface area contributed by atoms with Crippen LogP contribution < -0.4 is 15.8 Å². The van der Waals surface area contributed by atoms with E-state index < -0.39 is 5.91 Å². The predicted octanol–water partition coefficient (Wildman–Crippen LogP) is 3.45. The first-order valence-corrected chi connectivity index (χ1v) is 8.25. The topological polar surface area (TPSA) is 90.1 Å². The molecule has 3 aromatic rings. The summed E-state index contributed by atoms with van der Waals surface area (Å²) in [6.45, 7) is 2.42. The number of carbonyl (C=O) groups is 1. The number of aromatic nitrogens is 2. The molecule has 0 aliphatic rings. The number of thiazole rings is 1. The Kier molecular flexibility index (Phi) is 4.72. The smallest absolute Gasteiger partial charge is 0.248 e. The Hall–Kier alpha value is -2.93. The van der Waals surface area contributed by atoms with Crippen molar-refractivity contribution >= 4 is 28.1 Å². The molecule has 0 unspecified atom stereocenters. The van der Waals surface area contributed by atoms with E-state index in [9.17, 15) is 4.79 Å². The lowest BCUT2D eigenvalue weighted by Gasteiger charge is -2.11. The Morgan fingerprint density at radius 1 is 1.38 bits per heavy atom. The van der Waals surface area contributed by atoms with Crippen LogP contribution in [0.25, 0.3) is 11.3 Å². The number of ether oxygens (including phenoxy) is 1. The molecule has 7 heteroatoms. The highest BCUT2D eigenvalue weighted by molar-refractivity contribution is 7.14. The largest absolute Gasteiger partial charge is 0.492 e. The SMILES string of the molecule is CCOc1ccc(C(N)=O)cc1Nc1nc(-c2cccnc2)cs1. The molecule has 6 nitrogen and oxygen atoms in total. The summed E-state index contributed by atoms with van der Waals surface area (Å²) in [4.78, 5) is 20.0. The highest BCUT2D eigenvalue weighted by Gasteiger charge is 2.11. The van der Waals surface area contributed by atoms with Gasteiger partial charge in [0, 0.05) is 28.9 Å². The molecule has 3 N–H and O–H groups in total. The zero-order chi connectivity index (χ0) is 16.9. The Morgan fingerprint density at radius 3 is 2.96 bits per heavy atom. The van der Waals surface area contributed by atoms with E-state index in [1.54, 1.807) is 30.6 Å². The summed E-state index contributed by atoms with van der Waals surface area (Å²) in [5.74, 6) is 0.150. The standard InChI is InChI=1S/C17H16N4O2S/c1-2-23-15-6-5-11(16(18)22)8-13(15)20-17-21-14(10-24-17)12-4-3-7-19-9-12/h3-10H,2H2,1H3,(H2,18,22)(H,20,21). The maximum Gasteiger partial charge on any atom is 0.248 e. The van der Waals surface area contributed by atoms with Crippen LogP contribution in [-0.2, 0) is 0 Å². The fraction of sp³-hybridized carbons (Fsp3) is 0.118. The van der Waals surface area contributed by atoms with Crippen LogP contribution in [0.4, 0.5) is 10.8 Å². The summed E-state index contributed by atoms with van der Waals surface area (Å²) in [5, 5.41) is 5.83. The zero-order valence-electron chi connectivity index (χ0n) is 13.0. The van der Waals surface area contributed by atoms with Crippen molar-refractivity contribution in [1.29, 1.82) is 0 Å². The van der Waals surface area contributed by atoms with Crippen molar-refractivity contribution in [2.75, 3.05) is 11.9 Å². The minimum atomic E-state index is -0.490. The predicted molar refractivity (Wildman–Crippen MR) is 94.8 cm³/mol. The average Bonchev–Trinajstić information content (AvgIpc) is 3.06. The second-order valence-corrected chi connectivity index (χ2v) is 5.77. The molecule has 24 heavy (non-hydrogen) atoms. The molecule has 3 rings (SSSR count). The van der Waals surface area contributed by atoms with Gasteiger partial charge in [-0.15, -0.1) is 11.3 Å². The first kappa shape index (κ1) is 15.9. The summed E-state index contributed by atoms with van der Waals surface area (Å²) in [6.07, 6.45) is 3.48. The third-order valence-electron chi connectivity index (χ3n) is 3.27. The lowest BCUT2D eigenvalue weighted by Crippen LogP contribution is -2.11. The number of benzene rings is 1. The summed E-state index contributed by atoms with van der Waals surface area (Å²) in [7, 11) is 0. The van der Waals surface area contributed by atoms with Crippen LogP contribution in [0.1, 0.15) is 17.3 Å². The van der Waals surface area contributed by atoms with Crippen molar-refractivity contribution in [2.24, 2.45) is 5.73 Å². The van der Waals surface area contributed by atoms with Gasteiger partial charge in [0.1, 0.15) is 5.75 Å². The van der Waals surface area contributed by atoms with Gasteiger partial charge < -0.3 is 15.8 Å². The average molecular weight is 340 g/mol. The molecule has 0 fully saturated rings. The van der Waals surface area contributed by atoms with Gasteiger partial charge in [-0.2, -0.15) is 0 Å². The molecule has 0 saturated carbocycles. The summed E-state index contributed by atoms with van der Waals surface area (Å²) >= 11 is 1.46. The van der Waals surface area contributed by atoms with E-state index in [2.05, 4.69) is 15.3 Å². The molecule has 0 spiro atoms. The Morgan fingerprint density at radius 2 is 2.25 bits per heavy atom. The van der Waals surface area contributed by atoms with E-state index in [0.29, 0.717) is 28.7 Å². The highest BCUT2D eigenvalue weighted by atomic mass is 32.1. The summed E-state index contributed by atoms with van der Waals surface area (Å²) in [5.41, 5.74) is 8.19. The van der Waals surface area contributed by atoms with Crippen LogP contribution in [0, 0.1) is 0 Å². The van der Waals surface area contributed by atoms with Gasteiger partial charge in [0.05, 0.1) is 18.0 Å². The van der Waals surface area contributed by atoms with E-state index in [1.807, 2.05) is 24.4 Å². The van der Waals surface area contributed by atoms with Gasteiger partial charge in [-0.1, -0.05) is 0 Å². The molecule has 1 aromatic carbocycles. The molecular weight excluding hydrogens is 324 g/mol. The number of nitrogens with two attached hydrogens (primary N) is 1. The third kappa shape index (κ3) is 3.52. The fourth-order valence-electron chi connectivity index (χ4n) is 2.16. The van der Waals surface area contributed by atoms with E-state index in [1.165, 1.54) is 11.3 Å². The van der Waals surface area contributed by atoms with E-state index >= 15 is 0 Å². The Labute approximate surface area is 143 Å². The zero-order valence-corrected chi connectivity index (χ0v) is 13.8. The van der Waals surface area contributed by atoms with Crippen molar-refractivity contribution in [3.8, 4) is 17.0 Å². The fourth-order valence-corrected chi connectivity index (χ4v) is 2.89. The number of hydrogen-bond donors (Lipinski definition) is 2. The molecule has 2 heterocycles. The minimum absolute atomic E-state index is 0.407. The van der Waals surface area contributed by atoms with Crippen LogP contribution >= 0.6 is 11.3 Å². The van der Waals surface area contributed by atoms with Gasteiger partial charge in [-0.25, -0.2) is 4.98 Å². The van der Waals surface area contributed by atoms with Gasteiger partial charge in [0.15, 0.2) is 5.13 Å². The number of carbonyl (C=O) groups excluding carboxylic acids is 1. The first-order chi connectivity index (χ1) is 11.7. The van der Waals surface area contributed by atoms with Crippen molar-refractivity contribution in [3.63, 3.8) is 0 Å². The van der Waals surface area contributed by atoms with Crippen molar-refractivity contribution in [2.45, 2.75) is 6.92 Å². The first-order valence-electron chi connectivity index (χ1n) is 7.37. The van der Waals surface area contributed by atoms with Gasteiger partial charge in [0.2, 0.25) is 5.91 Å². The van der Waals surface area contributed by atoms with Crippen LogP contribution in [0.3, 0.4) is 0 Å². The Bertz CT molecular complexity index is 849. The minimum Gasteiger partial charge on any atom is -0.492 e. The maximum absolute atomic E-state index is 11.4. The van der Waals surface area contributed by atoms with Gasteiger partial charge >= 0.3 is 0 Å². The van der Waals surface area contributed by atoms with Crippen molar-refractivity contribution in [3.05, 3.63) is 53.7 Å². The number of nitrogens with zero attached hydrogens (tertiary/aromatic N) is 2. The molecule has 122 valence electrons. The summed E-state index contributed by atoms with van der Waals surface area (Å²) < 4.78 is 5.59. The van der Waals surface area contributed by atoms with Crippen molar-refractivity contribution in [1.82, 2.24) is 9.97 Å². The molecule has 0 saturated heterocycles. The van der Waals surface area contributed by atoms with Gasteiger partial charge in [-0.05, 0) is 37.3 Å². The van der Waals surface area contributed by atoms with Gasteiger partial charge in [0.25, 0.3) is 0 Å². The number of anilines is 2. The molecule has 0 radical (unpaired) electrons. The molecule has 0 atom stereocenters.